The summed E-state index contributed by atoms with van der Waals surface area (Å²) >= 11 is 0. The maximum Gasteiger partial charge on any atom is 0.101 e. The van der Waals surface area contributed by atoms with Crippen molar-refractivity contribution in [2.45, 2.75) is 31.8 Å². The van der Waals surface area contributed by atoms with Crippen LogP contribution < -0.4 is 11.1 Å². The normalized spacial score (nSPS) is 13.6. The fraction of sp³-hybridized carbons (Fsp3) is 0.0943. The molecule has 1 aliphatic rings. The van der Waals surface area contributed by atoms with Gasteiger partial charge in [0.1, 0.15) is 6.17 Å². The van der Waals surface area contributed by atoms with Gasteiger partial charge in [0.05, 0.1) is 0 Å². The van der Waals surface area contributed by atoms with E-state index < -0.39 is 0 Å². The van der Waals surface area contributed by atoms with Gasteiger partial charge in [0, 0.05) is 16.7 Å². The lowest BCUT2D eigenvalue weighted by Gasteiger charge is -2.23. The molecule has 1 atom stereocenters. The fourth-order valence-corrected chi connectivity index (χ4v) is 8.39. The highest BCUT2D eigenvalue weighted by Gasteiger charge is 2.37. The van der Waals surface area contributed by atoms with Crippen LogP contribution in [0, 0.1) is 0 Å². The zero-order valence-electron chi connectivity index (χ0n) is 31.3. The van der Waals surface area contributed by atoms with E-state index in [0.717, 1.165) is 23.2 Å². The van der Waals surface area contributed by atoms with Crippen molar-refractivity contribution in [3.05, 3.63) is 222 Å². The van der Waals surface area contributed by atoms with Crippen molar-refractivity contribution in [2.24, 2.45) is 5.73 Å². The van der Waals surface area contributed by atoms with Crippen LogP contribution in [0.15, 0.2) is 194 Å². The Hall–Kier alpha value is -6.48. The van der Waals surface area contributed by atoms with E-state index in [1.165, 1.54) is 72.0 Å². The largest absolute Gasteiger partial charge is 0.366 e. The summed E-state index contributed by atoms with van der Waals surface area (Å²) in [5.74, 6) is 0. The lowest BCUT2D eigenvalue weighted by atomic mass is 9.81. The number of allylic oxidation sites excluding steroid dienone is 1. The van der Waals surface area contributed by atoms with Gasteiger partial charge in [-0.25, -0.2) is 0 Å². The van der Waals surface area contributed by atoms with Gasteiger partial charge in [0.25, 0.3) is 0 Å². The lowest BCUT2D eigenvalue weighted by Crippen LogP contribution is -2.27. The Kier molecular flexibility index (Phi) is 8.98. The number of nitrogens with one attached hydrogen (secondary N) is 1. The van der Waals surface area contributed by atoms with Crippen LogP contribution >= 0.6 is 0 Å². The predicted octanol–water partition coefficient (Wildman–Crippen LogP) is 13.0. The molecule has 0 aromatic heterocycles. The second-order valence-corrected chi connectivity index (χ2v) is 15.1. The van der Waals surface area contributed by atoms with Gasteiger partial charge in [-0.1, -0.05) is 196 Å². The zero-order chi connectivity index (χ0) is 37.4. The van der Waals surface area contributed by atoms with Gasteiger partial charge in [-0.3, -0.25) is 0 Å². The molecule has 55 heavy (non-hydrogen) atoms. The topological polar surface area (TPSA) is 38.0 Å². The Morgan fingerprint density at radius 2 is 1.11 bits per heavy atom. The van der Waals surface area contributed by atoms with Crippen molar-refractivity contribution < 1.29 is 0 Å². The lowest BCUT2D eigenvalue weighted by molar-refractivity contribution is 0.661. The summed E-state index contributed by atoms with van der Waals surface area (Å²) in [7, 11) is 0. The van der Waals surface area contributed by atoms with Crippen LogP contribution in [0.25, 0.3) is 61.0 Å². The number of hydrogen-bond donors (Lipinski definition) is 2. The molecule has 8 aromatic carbocycles. The highest BCUT2D eigenvalue weighted by atomic mass is 15.0. The number of nitrogens with two attached hydrogens (primary N) is 1. The first-order chi connectivity index (χ1) is 26.9. The molecule has 2 heteroatoms. The smallest absolute Gasteiger partial charge is 0.101 e. The SMILES string of the molecule is CC1(C)c2cc3ccccc3cc2-c2c(-c3ccccc3/C(=C/Cc3cccc(-c4ccc(-c5ccccc5)cc4)c3)NC(N)c3ccccc3)cccc21. The Balaban J connectivity index is 1.12. The quantitative estimate of drug-likeness (QED) is 0.147. The monoisotopic (exact) mass is 708 g/mol. The highest BCUT2D eigenvalue weighted by Crippen LogP contribution is 2.53. The minimum absolute atomic E-state index is 0.126. The molecule has 0 bridgehead atoms. The maximum absolute atomic E-state index is 6.94. The molecule has 3 N–H and O–H groups in total. The minimum atomic E-state index is -0.387. The van der Waals surface area contributed by atoms with Crippen LogP contribution in [-0.4, -0.2) is 0 Å². The van der Waals surface area contributed by atoms with Crippen molar-refractivity contribution >= 4 is 16.5 Å². The summed E-state index contributed by atoms with van der Waals surface area (Å²) in [5.41, 5.74) is 23.9. The van der Waals surface area contributed by atoms with E-state index >= 15 is 0 Å². The van der Waals surface area contributed by atoms with E-state index in [2.05, 4.69) is 195 Å². The average molecular weight is 709 g/mol. The van der Waals surface area contributed by atoms with E-state index in [0.29, 0.717) is 0 Å². The molecule has 0 amide bonds. The van der Waals surface area contributed by atoms with E-state index in [9.17, 15) is 0 Å². The molecule has 266 valence electrons. The third kappa shape index (κ3) is 6.56. The first kappa shape index (κ1) is 34.3. The molecule has 9 rings (SSSR count). The summed E-state index contributed by atoms with van der Waals surface area (Å²) in [5, 5.41) is 6.31. The van der Waals surface area contributed by atoms with Crippen LogP contribution in [-0.2, 0) is 11.8 Å². The maximum atomic E-state index is 6.94. The first-order valence-corrected chi connectivity index (χ1v) is 19.2. The minimum Gasteiger partial charge on any atom is -0.366 e. The molecule has 0 heterocycles. The van der Waals surface area contributed by atoms with Crippen molar-refractivity contribution in [1.29, 1.82) is 0 Å². The fourth-order valence-electron chi connectivity index (χ4n) is 8.39. The number of benzene rings is 8. The van der Waals surface area contributed by atoms with Crippen molar-refractivity contribution in [3.63, 3.8) is 0 Å². The van der Waals surface area contributed by atoms with Gasteiger partial charge in [0.2, 0.25) is 0 Å². The van der Waals surface area contributed by atoms with Crippen molar-refractivity contribution in [2.75, 3.05) is 0 Å². The zero-order valence-corrected chi connectivity index (χ0v) is 31.3. The molecule has 8 aromatic rings. The first-order valence-electron chi connectivity index (χ1n) is 19.2. The number of hydrogen-bond acceptors (Lipinski definition) is 2. The van der Waals surface area contributed by atoms with Gasteiger partial charge < -0.3 is 11.1 Å². The average Bonchev–Trinajstić information content (AvgIpc) is 3.47. The van der Waals surface area contributed by atoms with Crippen LogP contribution in [0.1, 0.15) is 47.8 Å². The van der Waals surface area contributed by atoms with E-state index in [1.807, 2.05) is 18.2 Å². The van der Waals surface area contributed by atoms with Gasteiger partial charge in [-0.15, -0.1) is 0 Å². The van der Waals surface area contributed by atoms with E-state index in [1.54, 1.807) is 0 Å². The Morgan fingerprint density at radius 1 is 0.527 bits per heavy atom. The standard InChI is InChI=1S/C53H44N2/c1-53(2)48-26-14-25-46(51(48)47-34-42-20-9-10-21-43(42)35-49(47)53)44-23-11-12-24-45(44)50(55-52(54)40-18-7-4-8-19-40)32-27-36-15-13-22-41(33-36)39-30-28-38(29-31-39)37-16-5-3-6-17-37/h3-26,28-35,52,55H,27,54H2,1-2H3/b50-32-. The Labute approximate surface area is 324 Å². The third-order valence-electron chi connectivity index (χ3n) is 11.3. The van der Waals surface area contributed by atoms with Crippen LogP contribution in [0.4, 0.5) is 0 Å². The molecule has 0 saturated carbocycles. The molecular weight excluding hydrogens is 665 g/mol. The molecule has 0 aliphatic heterocycles. The molecule has 1 unspecified atom stereocenters. The second kappa shape index (κ2) is 14.4. The van der Waals surface area contributed by atoms with Crippen molar-refractivity contribution in [3.8, 4) is 44.5 Å². The van der Waals surface area contributed by atoms with Gasteiger partial charge in [0.15, 0.2) is 0 Å². The van der Waals surface area contributed by atoms with Gasteiger partial charge >= 0.3 is 0 Å². The Bertz CT molecular complexity index is 2670. The van der Waals surface area contributed by atoms with Crippen LogP contribution in [0.3, 0.4) is 0 Å². The molecular formula is C53H44N2. The molecule has 0 saturated heterocycles. The predicted molar refractivity (Wildman–Crippen MR) is 232 cm³/mol. The molecule has 0 fully saturated rings. The molecule has 2 nitrogen and oxygen atoms in total. The summed E-state index contributed by atoms with van der Waals surface area (Å²) in [4.78, 5) is 0. The summed E-state index contributed by atoms with van der Waals surface area (Å²) in [6.45, 7) is 4.72. The second-order valence-electron chi connectivity index (χ2n) is 15.1. The molecule has 1 aliphatic carbocycles. The van der Waals surface area contributed by atoms with Gasteiger partial charge in [-0.05, 0) is 96.1 Å². The summed E-state index contributed by atoms with van der Waals surface area (Å²) in [6, 6.07) is 67.7. The van der Waals surface area contributed by atoms with Crippen LogP contribution in [0.2, 0.25) is 0 Å². The molecule has 0 spiro atoms. The number of rotatable bonds is 9. The van der Waals surface area contributed by atoms with Crippen molar-refractivity contribution in [1.82, 2.24) is 5.32 Å². The molecule has 0 radical (unpaired) electrons. The van der Waals surface area contributed by atoms with Crippen LogP contribution in [0.5, 0.6) is 0 Å². The summed E-state index contributed by atoms with van der Waals surface area (Å²) < 4.78 is 0. The highest BCUT2D eigenvalue weighted by molar-refractivity contribution is 6.00. The summed E-state index contributed by atoms with van der Waals surface area (Å²) in [6.07, 6.45) is 2.67. The van der Waals surface area contributed by atoms with E-state index in [4.69, 9.17) is 5.73 Å². The van der Waals surface area contributed by atoms with E-state index in [-0.39, 0.29) is 11.6 Å². The number of fused-ring (bicyclic) bond motifs is 4. The third-order valence-corrected chi connectivity index (χ3v) is 11.3. The van der Waals surface area contributed by atoms with Gasteiger partial charge in [-0.2, -0.15) is 0 Å². The Morgan fingerprint density at radius 3 is 1.87 bits per heavy atom.